The number of hydrazone groups is 1. The van der Waals surface area contributed by atoms with Gasteiger partial charge in [0.25, 0.3) is 5.91 Å². The van der Waals surface area contributed by atoms with Crippen LogP contribution in [0.5, 0.6) is 0 Å². The van der Waals surface area contributed by atoms with Crippen molar-refractivity contribution in [2.45, 2.75) is 33.1 Å². The maximum atomic E-state index is 11.6. The predicted molar refractivity (Wildman–Crippen MR) is 70.3 cm³/mol. The minimum absolute atomic E-state index is 0.0899. The summed E-state index contributed by atoms with van der Waals surface area (Å²) in [6.07, 6.45) is 0.830. The van der Waals surface area contributed by atoms with E-state index >= 15 is 0 Å². The van der Waals surface area contributed by atoms with Crippen molar-refractivity contribution >= 4 is 23.4 Å². The van der Waals surface area contributed by atoms with Gasteiger partial charge < -0.3 is 10.6 Å². The van der Waals surface area contributed by atoms with Gasteiger partial charge in [-0.15, -0.1) is 0 Å². The van der Waals surface area contributed by atoms with Crippen molar-refractivity contribution in [1.29, 1.82) is 0 Å². The van der Waals surface area contributed by atoms with Crippen LogP contribution in [-0.2, 0) is 14.4 Å². The summed E-state index contributed by atoms with van der Waals surface area (Å²) in [5.41, 5.74) is 2.55. The molecule has 106 valence electrons. The van der Waals surface area contributed by atoms with Gasteiger partial charge in [0.2, 0.25) is 11.8 Å². The lowest BCUT2D eigenvalue weighted by molar-refractivity contribution is -0.121. The zero-order valence-corrected chi connectivity index (χ0v) is 11.3. The van der Waals surface area contributed by atoms with E-state index in [1.807, 2.05) is 13.8 Å². The molecular weight excluding hydrogens is 248 g/mol. The standard InChI is InChI=1S/C12H20N4O3/c1-8(2)7-14-10(17)5-6-13-12(19)9-3-4-11(18)16-15-9/h8H,3-7H2,1-2H3,(H,13,19)(H,14,17)(H,16,18). The molecule has 3 amide bonds. The molecule has 0 unspecified atom stereocenters. The minimum atomic E-state index is -0.336. The fourth-order valence-electron chi connectivity index (χ4n) is 1.44. The zero-order valence-electron chi connectivity index (χ0n) is 11.3. The Morgan fingerprint density at radius 3 is 2.63 bits per heavy atom. The second kappa shape index (κ2) is 7.50. The molecule has 7 nitrogen and oxygen atoms in total. The summed E-state index contributed by atoms with van der Waals surface area (Å²) in [4.78, 5) is 33.9. The Balaban J connectivity index is 2.20. The van der Waals surface area contributed by atoms with Crippen LogP contribution in [0.2, 0.25) is 0 Å². The van der Waals surface area contributed by atoms with E-state index in [9.17, 15) is 14.4 Å². The van der Waals surface area contributed by atoms with Gasteiger partial charge in [-0.2, -0.15) is 5.10 Å². The molecule has 0 saturated heterocycles. The van der Waals surface area contributed by atoms with E-state index in [0.717, 1.165) is 0 Å². The average molecular weight is 268 g/mol. The van der Waals surface area contributed by atoms with E-state index in [4.69, 9.17) is 0 Å². The Hall–Kier alpha value is -1.92. The fourth-order valence-corrected chi connectivity index (χ4v) is 1.44. The molecule has 0 radical (unpaired) electrons. The highest BCUT2D eigenvalue weighted by atomic mass is 16.2. The summed E-state index contributed by atoms with van der Waals surface area (Å²) in [6, 6.07) is 0. The number of amides is 3. The van der Waals surface area contributed by atoms with Gasteiger partial charge in [-0.05, 0) is 5.92 Å². The van der Waals surface area contributed by atoms with Crippen LogP contribution in [-0.4, -0.2) is 36.5 Å². The van der Waals surface area contributed by atoms with Crippen LogP contribution < -0.4 is 16.1 Å². The van der Waals surface area contributed by atoms with Gasteiger partial charge in [-0.1, -0.05) is 13.8 Å². The third kappa shape index (κ3) is 5.98. The van der Waals surface area contributed by atoms with Crippen LogP contribution in [0.4, 0.5) is 0 Å². The van der Waals surface area contributed by atoms with Gasteiger partial charge in [0.15, 0.2) is 0 Å². The van der Waals surface area contributed by atoms with Crippen LogP contribution in [0.1, 0.15) is 33.1 Å². The average Bonchev–Trinajstić information content (AvgIpc) is 2.37. The third-order valence-electron chi connectivity index (χ3n) is 2.51. The van der Waals surface area contributed by atoms with Gasteiger partial charge in [0.05, 0.1) is 0 Å². The highest BCUT2D eigenvalue weighted by Gasteiger charge is 2.17. The molecule has 0 fully saturated rings. The van der Waals surface area contributed by atoms with Crippen molar-refractivity contribution in [2.24, 2.45) is 11.0 Å². The first-order chi connectivity index (χ1) is 8.99. The molecule has 0 bridgehead atoms. The van der Waals surface area contributed by atoms with Crippen LogP contribution in [0.15, 0.2) is 5.10 Å². The van der Waals surface area contributed by atoms with E-state index in [1.54, 1.807) is 0 Å². The summed E-state index contributed by atoms with van der Waals surface area (Å²) >= 11 is 0. The number of carbonyl (C=O) groups excluding carboxylic acids is 3. The van der Waals surface area contributed by atoms with Crippen molar-refractivity contribution < 1.29 is 14.4 Å². The molecule has 0 spiro atoms. The van der Waals surface area contributed by atoms with Gasteiger partial charge in [-0.25, -0.2) is 5.43 Å². The SMILES string of the molecule is CC(C)CNC(=O)CCNC(=O)C1=NNC(=O)CC1. The molecule has 1 rings (SSSR count). The normalized spacial score (nSPS) is 14.7. The molecular formula is C12H20N4O3. The monoisotopic (exact) mass is 268 g/mol. The Kier molecular flexibility index (Phi) is 5.98. The molecule has 0 aliphatic carbocycles. The topological polar surface area (TPSA) is 99.7 Å². The lowest BCUT2D eigenvalue weighted by Crippen LogP contribution is -2.38. The molecule has 1 aliphatic heterocycles. The lowest BCUT2D eigenvalue weighted by atomic mass is 10.1. The quantitative estimate of drug-likeness (QED) is 0.607. The number of rotatable bonds is 6. The van der Waals surface area contributed by atoms with Crippen LogP contribution >= 0.6 is 0 Å². The Bertz CT molecular complexity index is 390. The van der Waals surface area contributed by atoms with Crippen molar-refractivity contribution in [3.63, 3.8) is 0 Å². The summed E-state index contributed by atoms with van der Waals surface area (Å²) < 4.78 is 0. The first-order valence-corrected chi connectivity index (χ1v) is 6.39. The van der Waals surface area contributed by atoms with Gasteiger partial charge >= 0.3 is 0 Å². The van der Waals surface area contributed by atoms with E-state index < -0.39 is 0 Å². The van der Waals surface area contributed by atoms with Gasteiger partial charge in [0.1, 0.15) is 5.71 Å². The summed E-state index contributed by atoms with van der Waals surface area (Å²) in [7, 11) is 0. The molecule has 19 heavy (non-hydrogen) atoms. The molecule has 7 heteroatoms. The second-order valence-corrected chi connectivity index (χ2v) is 4.80. The molecule has 1 aliphatic rings. The number of nitrogens with zero attached hydrogens (tertiary/aromatic N) is 1. The highest BCUT2D eigenvalue weighted by molar-refractivity contribution is 6.39. The Morgan fingerprint density at radius 1 is 1.32 bits per heavy atom. The van der Waals surface area contributed by atoms with E-state index in [-0.39, 0.29) is 37.1 Å². The van der Waals surface area contributed by atoms with Gasteiger partial charge in [-0.3, -0.25) is 14.4 Å². The van der Waals surface area contributed by atoms with Crippen LogP contribution in [0.25, 0.3) is 0 Å². The van der Waals surface area contributed by atoms with Crippen LogP contribution in [0, 0.1) is 5.92 Å². The first kappa shape index (κ1) is 15.1. The molecule has 0 aromatic carbocycles. The number of hydrogen-bond acceptors (Lipinski definition) is 4. The molecule has 3 N–H and O–H groups in total. The number of hydrogen-bond donors (Lipinski definition) is 3. The lowest BCUT2D eigenvalue weighted by Gasteiger charge is -2.12. The van der Waals surface area contributed by atoms with Crippen molar-refractivity contribution in [3.05, 3.63) is 0 Å². The molecule has 0 aromatic rings. The van der Waals surface area contributed by atoms with E-state index in [0.29, 0.717) is 24.6 Å². The Morgan fingerprint density at radius 2 is 2.05 bits per heavy atom. The number of nitrogens with one attached hydrogen (secondary N) is 3. The largest absolute Gasteiger partial charge is 0.356 e. The zero-order chi connectivity index (χ0) is 14.3. The molecule has 1 heterocycles. The molecule has 0 atom stereocenters. The third-order valence-corrected chi connectivity index (χ3v) is 2.51. The second-order valence-electron chi connectivity index (χ2n) is 4.80. The van der Waals surface area contributed by atoms with Crippen LogP contribution in [0.3, 0.4) is 0 Å². The predicted octanol–water partition coefficient (Wildman–Crippen LogP) is -0.469. The number of carbonyl (C=O) groups is 3. The Labute approximate surface area is 112 Å². The van der Waals surface area contributed by atoms with Gasteiger partial charge in [0, 0.05) is 32.4 Å². The molecule has 0 aromatic heterocycles. The summed E-state index contributed by atoms with van der Waals surface area (Å²) in [5, 5.41) is 9.04. The molecule has 0 saturated carbocycles. The maximum Gasteiger partial charge on any atom is 0.267 e. The van der Waals surface area contributed by atoms with E-state index in [1.165, 1.54) is 0 Å². The van der Waals surface area contributed by atoms with Crippen molar-refractivity contribution in [3.8, 4) is 0 Å². The smallest absolute Gasteiger partial charge is 0.267 e. The maximum absolute atomic E-state index is 11.6. The first-order valence-electron chi connectivity index (χ1n) is 6.39. The minimum Gasteiger partial charge on any atom is -0.356 e. The highest BCUT2D eigenvalue weighted by Crippen LogP contribution is 1.99. The van der Waals surface area contributed by atoms with E-state index in [2.05, 4.69) is 21.2 Å². The van der Waals surface area contributed by atoms with Crippen molar-refractivity contribution in [1.82, 2.24) is 16.1 Å². The summed E-state index contributed by atoms with van der Waals surface area (Å²) in [6.45, 7) is 4.91. The fraction of sp³-hybridized carbons (Fsp3) is 0.667. The summed E-state index contributed by atoms with van der Waals surface area (Å²) in [5.74, 6) is -0.215. The van der Waals surface area contributed by atoms with Crippen molar-refractivity contribution in [2.75, 3.05) is 13.1 Å².